The van der Waals surface area contributed by atoms with Gasteiger partial charge in [0.1, 0.15) is 11.6 Å². The number of pyridine rings is 1. The van der Waals surface area contributed by atoms with Crippen molar-refractivity contribution in [2.24, 2.45) is 5.73 Å². The summed E-state index contributed by atoms with van der Waals surface area (Å²) >= 11 is 1.46. The Hall–Kier alpha value is -3.25. The Morgan fingerprint density at radius 1 is 1.08 bits per heavy atom. The molecule has 0 bridgehead atoms. The van der Waals surface area contributed by atoms with E-state index >= 15 is 0 Å². The van der Waals surface area contributed by atoms with Crippen LogP contribution in [0.1, 0.15) is 21.5 Å². The van der Waals surface area contributed by atoms with Crippen LogP contribution in [0, 0.1) is 5.82 Å². The van der Waals surface area contributed by atoms with Gasteiger partial charge in [0.25, 0.3) is 5.91 Å². The molecule has 4 nitrogen and oxygen atoms in total. The second-order valence-electron chi connectivity index (χ2n) is 5.87. The molecule has 0 aliphatic heterocycles. The number of fused-ring (bicyclic) bond motifs is 3. The number of nitrogens with zero attached hydrogens (tertiary/aromatic N) is 1. The molecule has 4 rings (SSSR count). The first kappa shape index (κ1) is 16.2. The predicted octanol–water partition coefficient (Wildman–Crippen LogP) is 4.44. The zero-order chi connectivity index (χ0) is 18.3. The van der Waals surface area contributed by atoms with Crippen molar-refractivity contribution in [2.45, 2.75) is 0 Å². The highest BCUT2D eigenvalue weighted by atomic mass is 32.1. The number of nitrogens with two attached hydrogens (primary N) is 2. The third-order valence-corrected chi connectivity index (χ3v) is 5.34. The maximum absolute atomic E-state index is 13.0. The van der Waals surface area contributed by atoms with Crippen LogP contribution in [0.3, 0.4) is 0 Å². The Kier molecular flexibility index (Phi) is 3.89. The fourth-order valence-corrected chi connectivity index (χ4v) is 4.13. The quantitative estimate of drug-likeness (QED) is 0.528. The van der Waals surface area contributed by atoms with Crippen molar-refractivity contribution in [3.05, 3.63) is 71.2 Å². The smallest absolute Gasteiger partial charge is 0.251 e. The molecule has 0 aliphatic carbocycles. The second kappa shape index (κ2) is 6.24. The van der Waals surface area contributed by atoms with E-state index in [9.17, 15) is 9.18 Å². The molecule has 0 aliphatic rings. The first-order valence-corrected chi connectivity index (χ1v) is 8.69. The minimum absolute atomic E-state index is 0.259. The van der Waals surface area contributed by atoms with Crippen molar-refractivity contribution < 1.29 is 9.18 Å². The van der Waals surface area contributed by atoms with Gasteiger partial charge in [-0.25, -0.2) is 9.37 Å². The number of amides is 1. The monoisotopic (exact) mass is 363 g/mol. The SMILES string of the molecule is NC(=O)c1cnc(N)c2c1sc1cc(/C=C/c3ccc(F)cc3)ccc12. The summed E-state index contributed by atoms with van der Waals surface area (Å²) in [6.07, 6.45) is 5.29. The summed E-state index contributed by atoms with van der Waals surface area (Å²) < 4.78 is 14.7. The highest BCUT2D eigenvalue weighted by molar-refractivity contribution is 7.26. The standard InChI is InChI=1S/C20H14FN3OS/c21-13-6-3-11(4-7-13)1-2-12-5-8-14-16(9-12)26-18-15(20(23)25)10-24-19(22)17(14)18/h1-10H,(H2,22,24)(H2,23,25)/b2-1+. The van der Waals surface area contributed by atoms with E-state index in [2.05, 4.69) is 4.98 Å². The van der Waals surface area contributed by atoms with E-state index < -0.39 is 5.91 Å². The van der Waals surface area contributed by atoms with E-state index in [1.807, 2.05) is 30.4 Å². The van der Waals surface area contributed by atoms with Crippen LogP contribution in [0.2, 0.25) is 0 Å². The number of hydrogen-bond donors (Lipinski definition) is 2. The number of rotatable bonds is 3. The predicted molar refractivity (Wildman–Crippen MR) is 105 cm³/mol. The molecule has 0 saturated heterocycles. The molecule has 0 atom stereocenters. The number of aromatic nitrogens is 1. The van der Waals surface area contributed by atoms with Crippen molar-refractivity contribution >= 4 is 55.4 Å². The maximum atomic E-state index is 13.0. The number of halogens is 1. The summed E-state index contributed by atoms with van der Waals surface area (Å²) in [6, 6.07) is 12.2. The van der Waals surface area contributed by atoms with Crippen LogP contribution in [0.15, 0.2) is 48.7 Å². The van der Waals surface area contributed by atoms with Gasteiger partial charge >= 0.3 is 0 Å². The number of anilines is 1. The van der Waals surface area contributed by atoms with Gasteiger partial charge in [-0.1, -0.05) is 36.4 Å². The molecular weight excluding hydrogens is 349 g/mol. The summed E-state index contributed by atoms with van der Waals surface area (Å²) in [5, 5.41) is 1.70. The highest BCUT2D eigenvalue weighted by Crippen LogP contribution is 2.38. The second-order valence-corrected chi connectivity index (χ2v) is 6.92. The molecule has 0 fully saturated rings. The lowest BCUT2D eigenvalue weighted by molar-refractivity contribution is 0.100. The molecule has 0 spiro atoms. The van der Waals surface area contributed by atoms with Gasteiger partial charge in [-0.15, -0.1) is 11.3 Å². The van der Waals surface area contributed by atoms with Crippen LogP contribution in [0.4, 0.5) is 10.2 Å². The van der Waals surface area contributed by atoms with Crippen LogP contribution in [-0.2, 0) is 0 Å². The number of primary amides is 1. The summed E-state index contributed by atoms with van der Waals surface area (Å²) in [6.45, 7) is 0. The lowest BCUT2D eigenvalue weighted by Gasteiger charge is -2.00. The summed E-state index contributed by atoms with van der Waals surface area (Å²) in [7, 11) is 0. The molecular formula is C20H14FN3OS. The molecule has 2 aromatic heterocycles. The molecule has 128 valence electrons. The van der Waals surface area contributed by atoms with E-state index in [1.165, 1.54) is 29.7 Å². The van der Waals surface area contributed by atoms with Gasteiger partial charge in [0, 0.05) is 21.7 Å². The molecule has 0 unspecified atom stereocenters. The van der Waals surface area contributed by atoms with Gasteiger partial charge in [-0.3, -0.25) is 4.79 Å². The topological polar surface area (TPSA) is 82.0 Å². The van der Waals surface area contributed by atoms with E-state index in [1.54, 1.807) is 12.1 Å². The van der Waals surface area contributed by atoms with E-state index in [4.69, 9.17) is 11.5 Å². The summed E-state index contributed by atoms with van der Waals surface area (Å²) in [5.74, 6) is -0.401. The molecule has 6 heteroatoms. The molecule has 2 heterocycles. The van der Waals surface area contributed by atoms with Crippen molar-refractivity contribution in [2.75, 3.05) is 5.73 Å². The molecule has 0 radical (unpaired) electrons. The zero-order valence-corrected chi connectivity index (χ0v) is 14.4. The fourth-order valence-electron chi connectivity index (χ4n) is 2.86. The Labute approximate surface area is 152 Å². The first-order chi connectivity index (χ1) is 12.5. The van der Waals surface area contributed by atoms with E-state index in [0.717, 1.165) is 31.3 Å². The van der Waals surface area contributed by atoms with Gasteiger partial charge in [-0.05, 0) is 29.3 Å². The number of benzene rings is 2. The van der Waals surface area contributed by atoms with Crippen LogP contribution < -0.4 is 11.5 Å². The molecule has 4 N–H and O–H groups in total. The highest BCUT2D eigenvalue weighted by Gasteiger charge is 2.15. The first-order valence-electron chi connectivity index (χ1n) is 7.87. The molecule has 4 aromatic rings. The van der Waals surface area contributed by atoms with Crippen LogP contribution >= 0.6 is 11.3 Å². The minimum Gasteiger partial charge on any atom is -0.383 e. The van der Waals surface area contributed by atoms with Crippen LogP contribution in [0.25, 0.3) is 32.3 Å². The number of carbonyl (C=O) groups excluding carboxylic acids is 1. The lowest BCUT2D eigenvalue weighted by atomic mass is 10.1. The Balaban J connectivity index is 1.81. The third kappa shape index (κ3) is 2.80. The molecule has 0 saturated carbocycles. The lowest BCUT2D eigenvalue weighted by Crippen LogP contribution is -2.11. The number of hydrogen-bond acceptors (Lipinski definition) is 4. The van der Waals surface area contributed by atoms with Crippen LogP contribution in [0.5, 0.6) is 0 Å². The van der Waals surface area contributed by atoms with E-state index in [0.29, 0.717) is 11.4 Å². The Bertz CT molecular complexity index is 1180. The van der Waals surface area contributed by atoms with Crippen LogP contribution in [-0.4, -0.2) is 10.9 Å². The number of nitrogen functional groups attached to an aromatic ring is 1. The number of carbonyl (C=O) groups is 1. The van der Waals surface area contributed by atoms with E-state index in [-0.39, 0.29) is 5.82 Å². The maximum Gasteiger partial charge on any atom is 0.251 e. The normalized spacial score (nSPS) is 11.6. The van der Waals surface area contributed by atoms with Gasteiger partial charge in [0.15, 0.2) is 0 Å². The van der Waals surface area contributed by atoms with Crippen molar-refractivity contribution in [1.29, 1.82) is 0 Å². The molecule has 26 heavy (non-hydrogen) atoms. The van der Waals surface area contributed by atoms with Crippen molar-refractivity contribution in [3.8, 4) is 0 Å². The average molecular weight is 363 g/mol. The van der Waals surface area contributed by atoms with Gasteiger partial charge in [-0.2, -0.15) is 0 Å². The largest absolute Gasteiger partial charge is 0.383 e. The van der Waals surface area contributed by atoms with Gasteiger partial charge < -0.3 is 11.5 Å². The average Bonchev–Trinajstić information content (AvgIpc) is 3.00. The third-order valence-electron chi connectivity index (χ3n) is 4.15. The Morgan fingerprint density at radius 2 is 1.77 bits per heavy atom. The Morgan fingerprint density at radius 3 is 2.50 bits per heavy atom. The van der Waals surface area contributed by atoms with Gasteiger partial charge in [0.05, 0.1) is 10.3 Å². The fraction of sp³-hybridized carbons (Fsp3) is 0. The van der Waals surface area contributed by atoms with Crippen molar-refractivity contribution in [1.82, 2.24) is 4.98 Å². The summed E-state index contributed by atoms with van der Waals surface area (Å²) in [5.41, 5.74) is 13.7. The minimum atomic E-state index is -0.523. The molecule has 1 amide bonds. The van der Waals surface area contributed by atoms with Gasteiger partial charge in [0.2, 0.25) is 0 Å². The summed E-state index contributed by atoms with van der Waals surface area (Å²) in [4.78, 5) is 15.8. The zero-order valence-electron chi connectivity index (χ0n) is 13.6. The molecule has 2 aromatic carbocycles. The van der Waals surface area contributed by atoms with Crippen molar-refractivity contribution in [3.63, 3.8) is 0 Å². The number of thiophene rings is 1.